The second-order valence-electron chi connectivity index (χ2n) is 8.37. The maximum Gasteiger partial charge on any atom is 0.229 e. The highest BCUT2D eigenvalue weighted by atomic mass is 15.3. The Hall–Kier alpha value is -2.34. The molecule has 2 fully saturated rings. The summed E-state index contributed by atoms with van der Waals surface area (Å²) in [7, 11) is 0. The van der Waals surface area contributed by atoms with Crippen molar-refractivity contribution in [3.8, 4) is 0 Å². The summed E-state index contributed by atoms with van der Waals surface area (Å²) in [5.41, 5.74) is 3.62. The number of benzene rings is 1. The van der Waals surface area contributed by atoms with E-state index in [1.165, 1.54) is 36.9 Å². The van der Waals surface area contributed by atoms with E-state index in [-0.39, 0.29) is 0 Å². The zero-order valence-corrected chi connectivity index (χ0v) is 16.7. The molecular weight excluding hydrogens is 348 g/mol. The molecule has 28 heavy (non-hydrogen) atoms. The van der Waals surface area contributed by atoms with Crippen molar-refractivity contribution in [2.75, 3.05) is 47.8 Å². The van der Waals surface area contributed by atoms with Crippen LogP contribution in [-0.4, -0.2) is 48.7 Å². The van der Waals surface area contributed by atoms with Crippen LogP contribution in [0.15, 0.2) is 30.5 Å². The van der Waals surface area contributed by atoms with Crippen molar-refractivity contribution in [2.45, 2.75) is 44.6 Å². The van der Waals surface area contributed by atoms with E-state index in [1.54, 1.807) is 0 Å². The van der Waals surface area contributed by atoms with E-state index in [4.69, 9.17) is 4.98 Å². The third-order valence-electron chi connectivity index (χ3n) is 6.44. The topological polar surface area (TPSA) is 56.3 Å². The maximum absolute atomic E-state index is 4.92. The van der Waals surface area contributed by atoms with Gasteiger partial charge >= 0.3 is 0 Å². The van der Waals surface area contributed by atoms with Crippen molar-refractivity contribution >= 4 is 23.1 Å². The normalized spacial score (nSPS) is 22.5. The third-order valence-corrected chi connectivity index (χ3v) is 6.44. The van der Waals surface area contributed by atoms with Gasteiger partial charge in [0.1, 0.15) is 5.82 Å². The van der Waals surface area contributed by atoms with E-state index in [0.29, 0.717) is 17.9 Å². The summed E-state index contributed by atoms with van der Waals surface area (Å²) >= 11 is 0. The van der Waals surface area contributed by atoms with Gasteiger partial charge in [-0.15, -0.1) is 0 Å². The van der Waals surface area contributed by atoms with Gasteiger partial charge in [0, 0.05) is 67.8 Å². The van der Waals surface area contributed by atoms with Crippen LogP contribution in [0.3, 0.4) is 0 Å². The van der Waals surface area contributed by atoms with Gasteiger partial charge < -0.3 is 20.4 Å². The quantitative estimate of drug-likeness (QED) is 0.849. The molecule has 5 rings (SSSR count). The van der Waals surface area contributed by atoms with Gasteiger partial charge in [0.25, 0.3) is 0 Å². The van der Waals surface area contributed by atoms with E-state index in [9.17, 15) is 0 Å². The van der Waals surface area contributed by atoms with Crippen LogP contribution in [0.4, 0.5) is 23.1 Å². The summed E-state index contributed by atoms with van der Waals surface area (Å²) in [6, 6.07) is 9.29. The fraction of sp³-hybridized carbons (Fsp3) is 0.545. The molecule has 2 aromatic rings. The largest absolute Gasteiger partial charge is 0.369 e. The van der Waals surface area contributed by atoms with Crippen molar-refractivity contribution in [1.29, 1.82) is 0 Å². The van der Waals surface area contributed by atoms with Crippen molar-refractivity contribution in [2.24, 2.45) is 0 Å². The highest BCUT2D eigenvalue weighted by Crippen LogP contribution is 2.39. The van der Waals surface area contributed by atoms with Crippen molar-refractivity contribution < 1.29 is 0 Å². The molecule has 0 bridgehead atoms. The van der Waals surface area contributed by atoms with Crippen LogP contribution in [0.1, 0.15) is 44.1 Å². The zero-order valence-electron chi connectivity index (χ0n) is 16.7. The molecule has 3 aliphatic rings. The monoisotopic (exact) mass is 378 g/mol. The highest BCUT2D eigenvalue weighted by Gasteiger charge is 2.33. The molecule has 1 aromatic heterocycles. The summed E-state index contributed by atoms with van der Waals surface area (Å²) in [6.45, 7) is 7.61. The van der Waals surface area contributed by atoms with Crippen LogP contribution in [0, 0.1) is 0 Å². The SMILES string of the molecule is CC1CN(C2CCCC2)c2nc(Nc3ccc(N4CCNCC4)cc3)ncc21. The van der Waals surface area contributed by atoms with Crippen molar-refractivity contribution in [3.05, 3.63) is 36.0 Å². The number of rotatable bonds is 4. The van der Waals surface area contributed by atoms with Gasteiger partial charge in [-0.05, 0) is 37.1 Å². The first kappa shape index (κ1) is 17.7. The lowest BCUT2D eigenvalue weighted by Crippen LogP contribution is -2.43. The smallest absolute Gasteiger partial charge is 0.229 e. The molecule has 0 spiro atoms. The first-order chi connectivity index (χ1) is 13.8. The van der Waals surface area contributed by atoms with Gasteiger partial charge in [0.05, 0.1) is 0 Å². The molecule has 148 valence electrons. The first-order valence-corrected chi connectivity index (χ1v) is 10.7. The Balaban J connectivity index is 1.32. The molecule has 2 aliphatic heterocycles. The standard InChI is InChI=1S/C22H30N6/c1-16-15-28(19-4-2-3-5-19)21-20(16)14-24-22(26-21)25-17-6-8-18(9-7-17)27-12-10-23-11-13-27/h6-9,14,16,19,23H,2-5,10-13,15H2,1H3,(H,24,25,26). The number of nitrogens with one attached hydrogen (secondary N) is 2. The Labute approximate surface area is 167 Å². The molecule has 3 heterocycles. The Bertz CT molecular complexity index is 808. The minimum absolute atomic E-state index is 0.517. The third kappa shape index (κ3) is 3.41. The van der Waals surface area contributed by atoms with Gasteiger partial charge in [-0.1, -0.05) is 19.8 Å². The number of hydrogen-bond acceptors (Lipinski definition) is 6. The lowest BCUT2D eigenvalue weighted by atomic mass is 10.1. The average Bonchev–Trinajstić information content (AvgIpc) is 3.37. The Kier molecular flexibility index (Phi) is 4.81. The lowest BCUT2D eigenvalue weighted by molar-refractivity contribution is 0.589. The molecule has 1 aromatic carbocycles. The van der Waals surface area contributed by atoms with Gasteiger partial charge in [-0.25, -0.2) is 4.98 Å². The zero-order chi connectivity index (χ0) is 18.9. The molecule has 6 nitrogen and oxygen atoms in total. The molecule has 6 heteroatoms. The molecule has 2 N–H and O–H groups in total. The second-order valence-corrected chi connectivity index (χ2v) is 8.37. The number of aromatic nitrogens is 2. The summed E-state index contributed by atoms with van der Waals surface area (Å²) in [5.74, 6) is 2.36. The molecule has 1 saturated carbocycles. The van der Waals surface area contributed by atoms with E-state index in [0.717, 1.165) is 44.2 Å². The first-order valence-electron chi connectivity index (χ1n) is 10.7. The average molecular weight is 379 g/mol. The maximum atomic E-state index is 4.92. The minimum atomic E-state index is 0.517. The molecule has 1 aliphatic carbocycles. The van der Waals surface area contributed by atoms with Gasteiger partial charge in [-0.2, -0.15) is 4.98 Å². The van der Waals surface area contributed by atoms with Crippen LogP contribution < -0.4 is 20.4 Å². The van der Waals surface area contributed by atoms with Crippen LogP contribution in [0.5, 0.6) is 0 Å². The number of piperazine rings is 1. The minimum Gasteiger partial charge on any atom is -0.369 e. The predicted molar refractivity (Wildman–Crippen MR) is 115 cm³/mol. The van der Waals surface area contributed by atoms with E-state index in [2.05, 4.69) is 56.6 Å². The number of anilines is 4. The molecule has 0 radical (unpaired) electrons. The second kappa shape index (κ2) is 7.59. The number of hydrogen-bond donors (Lipinski definition) is 2. The van der Waals surface area contributed by atoms with Crippen LogP contribution in [-0.2, 0) is 0 Å². The van der Waals surface area contributed by atoms with E-state index >= 15 is 0 Å². The summed E-state index contributed by atoms with van der Waals surface area (Å²) < 4.78 is 0. The van der Waals surface area contributed by atoms with Gasteiger partial charge in [0.15, 0.2) is 0 Å². The fourth-order valence-corrected chi connectivity index (χ4v) is 4.85. The summed E-state index contributed by atoms with van der Waals surface area (Å²) in [6.07, 6.45) is 7.32. The van der Waals surface area contributed by atoms with Gasteiger partial charge in [-0.3, -0.25) is 0 Å². The highest BCUT2D eigenvalue weighted by molar-refractivity contribution is 5.62. The molecule has 0 amide bonds. The van der Waals surface area contributed by atoms with Crippen molar-refractivity contribution in [3.63, 3.8) is 0 Å². The Morgan fingerprint density at radius 1 is 1.07 bits per heavy atom. The molecule has 1 saturated heterocycles. The molecule has 1 atom stereocenters. The number of fused-ring (bicyclic) bond motifs is 1. The Morgan fingerprint density at radius 2 is 1.82 bits per heavy atom. The lowest BCUT2D eigenvalue weighted by Gasteiger charge is -2.29. The van der Waals surface area contributed by atoms with E-state index < -0.39 is 0 Å². The molecular formula is C22H30N6. The van der Waals surface area contributed by atoms with E-state index in [1.807, 2.05) is 6.20 Å². The summed E-state index contributed by atoms with van der Waals surface area (Å²) in [4.78, 5) is 14.5. The molecule has 1 unspecified atom stereocenters. The number of nitrogens with zero attached hydrogens (tertiary/aromatic N) is 4. The van der Waals surface area contributed by atoms with Crippen LogP contribution in [0.25, 0.3) is 0 Å². The fourth-order valence-electron chi connectivity index (χ4n) is 4.85. The van der Waals surface area contributed by atoms with Crippen LogP contribution in [0.2, 0.25) is 0 Å². The predicted octanol–water partition coefficient (Wildman–Crippen LogP) is 3.50. The van der Waals surface area contributed by atoms with Crippen molar-refractivity contribution in [1.82, 2.24) is 15.3 Å². The Morgan fingerprint density at radius 3 is 2.57 bits per heavy atom. The van der Waals surface area contributed by atoms with Gasteiger partial charge in [0.2, 0.25) is 5.95 Å². The van der Waals surface area contributed by atoms with Crippen LogP contribution >= 0.6 is 0 Å². The summed E-state index contributed by atoms with van der Waals surface area (Å²) in [5, 5.41) is 6.81.